The van der Waals surface area contributed by atoms with Gasteiger partial charge in [-0.2, -0.15) is 0 Å². The first-order valence-corrected chi connectivity index (χ1v) is 5.19. The second kappa shape index (κ2) is 6.35. The Labute approximate surface area is 84.8 Å². The summed E-state index contributed by atoms with van der Waals surface area (Å²) in [4.78, 5) is 0. The summed E-state index contributed by atoms with van der Waals surface area (Å²) < 4.78 is 10.3. The zero-order valence-corrected chi connectivity index (χ0v) is 8.69. The van der Waals surface area contributed by atoms with Gasteiger partial charge in [0.05, 0.1) is 25.4 Å². The number of aliphatic hydroxyl groups is 2. The number of hydrogen-bond donors (Lipinski definition) is 2. The van der Waals surface area contributed by atoms with Gasteiger partial charge in [0, 0.05) is 7.11 Å². The summed E-state index contributed by atoms with van der Waals surface area (Å²) in [6.45, 7) is 0.643. The van der Waals surface area contributed by atoms with Gasteiger partial charge in [-0.1, -0.05) is 0 Å². The van der Waals surface area contributed by atoms with E-state index in [-0.39, 0.29) is 12.2 Å². The third-order valence-electron chi connectivity index (χ3n) is 2.53. The van der Waals surface area contributed by atoms with Crippen LogP contribution in [0.3, 0.4) is 0 Å². The Bertz CT molecular complexity index is 143. The first kappa shape index (κ1) is 11.9. The summed E-state index contributed by atoms with van der Waals surface area (Å²) >= 11 is 0. The van der Waals surface area contributed by atoms with Crippen molar-refractivity contribution in [3.05, 3.63) is 0 Å². The van der Waals surface area contributed by atoms with E-state index in [0.717, 1.165) is 25.7 Å². The second-order valence-electron chi connectivity index (χ2n) is 3.87. The second-order valence-corrected chi connectivity index (χ2v) is 3.87. The largest absolute Gasteiger partial charge is 0.393 e. The SMILES string of the molecule is COCC(O)COC1CCC(O)CC1. The minimum absolute atomic E-state index is 0.154. The summed E-state index contributed by atoms with van der Waals surface area (Å²) in [5.74, 6) is 0. The van der Waals surface area contributed by atoms with Crippen molar-refractivity contribution in [1.82, 2.24) is 0 Å². The van der Waals surface area contributed by atoms with Gasteiger partial charge >= 0.3 is 0 Å². The Morgan fingerprint density at radius 2 is 1.86 bits per heavy atom. The molecule has 84 valence electrons. The maximum atomic E-state index is 9.33. The minimum atomic E-state index is -0.535. The van der Waals surface area contributed by atoms with E-state index in [0.29, 0.717) is 13.2 Å². The average Bonchev–Trinajstić information content (AvgIpc) is 2.17. The van der Waals surface area contributed by atoms with Gasteiger partial charge in [0.2, 0.25) is 0 Å². The van der Waals surface area contributed by atoms with Crippen molar-refractivity contribution >= 4 is 0 Å². The molecule has 0 heterocycles. The third kappa shape index (κ3) is 4.37. The quantitative estimate of drug-likeness (QED) is 0.677. The van der Waals surface area contributed by atoms with E-state index in [1.54, 1.807) is 7.11 Å². The zero-order chi connectivity index (χ0) is 10.4. The van der Waals surface area contributed by atoms with Crippen LogP contribution in [0.5, 0.6) is 0 Å². The van der Waals surface area contributed by atoms with Crippen LogP contribution in [0.25, 0.3) is 0 Å². The topological polar surface area (TPSA) is 58.9 Å². The van der Waals surface area contributed by atoms with E-state index in [9.17, 15) is 10.2 Å². The molecule has 1 unspecified atom stereocenters. The maximum Gasteiger partial charge on any atom is 0.101 e. The first-order chi connectivity index (χ1) is 6.72. The number of ether oxygens (including phenoxy) is 2. The first-order valence-electron chi connectivity index (χ1n) is 5.19. The van der Waals surface area contributed by atoms with Crippen LogP contribution in [0, 0.1) is 0 Å². The van der Waals surface area contributed by atoms with Crippen LogP contribution in [0.4, 0.5) is 0 Å². The number of hydrogen-bond acceptors (Lipinski definition) is 4. The van der Waals surface area contributed by atoms with Crippen molar-refractivity contribution in [1.29, 1.82) is 0 Å². The van der Waals surface area contributed by atoms with Crippen LogP contribution in [0.2, 0.25) is 0 Å². The van der Waals surface area contributed by atoms with Crippen molar-refractivity contribution in [3.63, 3.8) is 0 Å². The van der Waals surface area contributed by atoms with Crippen LogP contribution in [-0.4, -0.2) is 48.8 Å². The molecule has 0 aromatic rings. The molecule has 0 aromatic carbocycles. The third-order valence-corrected chi connectivity index (χ3v) is 2.53. The lowest BCUT2D eigenvalue weighted by molar-refractivity contribution is -0.0567. The fourth-order valence-electron chi connectivity index (χ4n) is 1.70. The highest BCUT2D eigenvalue weighted by atomic mass is 16.5. The van der Waals surface area contributed by atoms with Gasteiger partial charge in [-0.15, -0.1) is 0 Å². The summed E-state index contributed by atoms with van der Waals surface area (Å²) in [7, 11) is 1.56. The number of aliphatic hydroxyl groups excluding tert-OH is 2. The predicted octanol–water partition coefficient (Wildman–Crippen LogP) is 0.314. The molecule has 1 fully saturated rings. The molecule has 0 aliphatic heterocycles. The van der Waals surface area contributed by atoms with Crippen molar-refractivity contribution in [2.45, 2.75) is 44.0 Å². The van der Waals surface area contributed by atoms with E-state index in [4.69, 9.17) is 9.47 Å². The molecule has 0 spiro atoms. The van der Waals surface area contributed by atoms with Gasteiger partial charge < -0.3 is 19.7 Å². The monoisotopic (exact) mass is 204 g/mol. The molecular formula is C10H20O4. The molecule has 0 radical (unpaired) electrons. The summed E-state index contributed by atoms with van der Waals surface area (Å²) in [5.41, 5.74) is 0. The molecule has 4 nitrogen and oxygen atoms in total. The highest BCUT2D eigenvalue weighted by molar-refractivity contribution is 4.72. The van der Waals surface area contributed by atoms with Crippen LogP contribution in [0.1, 0.15) is 25.7 Å². The zero-order valence-electron chi connectivity index (χ0n) is 8.69. The van der Waals surface area contributed by atoms with E-state index < -0.39 is 6.10 Å². The summed E-state index contributed by atoms with van der Waals surface area (Å²) in [6, 6.07) is 0. The molecule has 0 saturated heterocycles. The van der Waals surface area contributed by atoms with Gasteiger partial charge in [0.25, 0.3) is 0 Å². The molecule has 14 heavy (non-hydrogen) atoms. The van der Waals surface area contributed by atoms with Crippen molar-refractivity contribution < 1.29 is 19.7 Å². The van der Waals surface area contributed by atoms with E-state index in [1.807, 2.05) is 0 Å². The normalized spacial score (nSPS) is 30.2. The lowest BCUT2D eigenvalue weighted by atomic mass is 9.95. The molecule has 1 atom stereocenters. The average molecular weight is 204 g/mol. The van der Waals surface area contributed by atoms with Crippen LogP contribution in [0.15, 0.2) is 0 Å². The van der Waals surface area contributed by atoms with Crippen LogP contribution < -0.4 is 0 Å². The van der Waals surface area contributed by atoms with Crippen molar-refractivity contribution in [3.8, 4) is 0 Å². The standard InChI is InChI=1S/C10H20O4/c1-13-6-9(12)7-14-10-4-2-8(11)3-5-10/h8-12H,2-7H2,1H3. The molecule has 1 rings (SSSR count). The van der Waals surface area contributed by atoms with E-state index in [1.165, 1.54) is 0 Å². The molecule has 1 aliphatic carbocycles. The molecular weight excluding hydrogens is 184 g/mol. The van der Waals surface area contributed by atoms with Crippen molar-refractivity contribution in [2.75, 3.05) is 20.3 Å². The molecule has 2 N–H and O–H groups in total. The number of rotatable bonds is 5. The maximum absolute atomic E-state index is 9.33. The molecule has 0 amide bonds. The van der Waals surface area contributed by atoms with Gasteiger partial charge in [0.15, 0.2) is 0 Å². The lowest BCUT2D eigenvalue weighted by Gasteiger charge is -2.26. The van der Waals surface area contributed by atoms with Crippen LogP contribution in [-0.2, 0) is 9.47 Å². The molecule has 0 bridgehead atoms. The van der Waals surface area contributed by atoms with Gasteiger partial charge in [0.1, 0.15) is 6.10 Å². The predicted molar refractivity (Wildman–Crippen MR) is 52.1 cm³/mol. The highest BCUT2D eigenvalue weighted by Crippen LogP contribution is 2.20. The fourth-order valence-corrected chi connectivity index (χ4v) is 1.70. The Morgan fingerprint density at radius 3 is 2.43 bits per heavy atom. The summed E-state index contributed by atoms with van der Waals surface area (Å²) in [6.07, 6.45) is 2.91. The van der Waals surface area contributed by atoms with E-state index in [2.05, 4.69) is 0 Å². The smallest absolute Gasteiger partial charge is 0.101 e. The molecule has 1 aliphatic rings. The molecule has 1 saturated carbocycles. The fraction of sp³-hybridized carbons (Fsp3) is 1.00. The van der Waals surface area contributed by atoms with Gasteiger partial charge in [-0.3, -0.25) is 0 Å². The Kier molecular flexibility index (Phi) is 5.40. The van der Waals surface area contributed by atoms with Crippen molar-refractivity contribution in [2.24, 2.45) is 0 Å². The lowest BCUT2D eigenvalue weighted by Crippen LogP contribution is -2.29. The van der Waals surface area contributed by atoms with Crippen LogP contribution >= 0.6 is 0 Å². The minimum Gasteiger partial charge on any atom is -0.393 e. The van der Waals surface area contributed by atoms with E-state index >= 15 is 0 Å². The molecule has 0 aromatic heterocycles. The Balaban J connectivity index is 2.06. The molecule has 4 heteroatoms. The number of methoxy groups -OCH3 is 1. The highest BCUT2D eigenvalue weighted by Gasteiger charge is 2.20. The van der Waals surface area contributed by atoms with Gasteiger partial charge in [-0.25, -0.2) is 0 Å². The Morgan fingerprint density at radius 1 is 1.21 bits per heavy atom. The summed E-state index contributed by atoms with van der Waals surface area (Å²) in [5, 5.41) is 18.6. The Hall–Kier alpha value is -0.160. The van der Waals surface area contributed by atoms with Gasteiger partial charge in [-0.05, 0) is 25.7 Å².